The van der Waals surface area contributed by atoms with E-state index in [1.807, 2.05) is 13.8 Å². The van der Waals surface area contributed by atoms with Gasteiger partial charge >= 0.3 is 5.97 Å². The number of carboxylic acid groups (broad SMARTS) is 1. The zero-order valence-corrected chi connectivity index (χ0v) is 8.80. The van der Waals surface area contributed by atoms with E-state index in [0.717, 1.165) is 0 Å². The fraction of sp³-hybridized carbons (Fsp3) is 0.875. The van der Waals surface area contributed by atoms with Gasteiger partial charge in [0.05, 0.1) is 17.9 Å². The average molecular weight is 208 g/mol. The second-order valence-electron chi connectivity index (χ2n) is 3.48. The summed E-state index contributed by atoms with van der Waals surface area (Å²) in [6, 6.07) is 0. The summed E-state index contributed by atoms with van der Waals surface area (Å²) < 4.78 is 22.4. The van der Waals surface area contributed by atoms with E-state index in [0.29, 0.717) is 12.3 Å². The predicted molar refractivity (Wildman–Crippen MR) is 50.4 cm³/mol. The molecule has 13 heavy (non-hydrogen) atoms. The molecule has 0 rings (SSSR count). The van der Waals surface area contributed by atoms with Crippen LogP contribution in [0.2, 0.25) is 0 Å². The van der Waals surface area contributed by atoms with E-state index >= 15 is 0 Å². The standard InChI is InChI=1S/C8H16O4S/c1-7(2)3-5-13(11,12)6-4-8(9)10/h7H,3-6H2,1-2H3,(H,9,10). The van der Waals surface area contributed by atoms with Crippen LogP contribution in [0.5, 0.6) is 0 Å². The minimum Gasteiger partial charge on any atom is -0.481 e. The van der Waals surface area contributed by atoms with Crippen LogP contribution in [0, 0.1) is 5.92 Å². The van der Waals surface area contributed by atoms with Crippen molar-refractivity contribution in [2.24, 2.45) is 5.92 Å². The molecule has 0 atom stereocenters. The molecule has 0 fully saturated rings. The number of carbonyl (C=O) groups is 1. The first kappa shape index (κ1) is 12.4. The van der Waals surface area contributed by atoms with Crippen LogP contribution in [0.4, 0.5) is 0 Å². The van der Waals surface area contributed by atoms with Crippen molar-refractivity contribution >= 4 is 15.8 Å². The van der Waals surface area contributed by atoms with Crippen molar-refractivity contribution in [3.05, 3.63) is 0 Å². The molecule has 0 aromatic rings. The van der Waals surface area contributed by atoms with Gasteiger partial charge in [0.25, 0.3) is 0 Å². The number of hydrogen-bond acceptors (Lipinski definition) is 3. The Hall–Kier alpha value is -0.580. The maximum Gasteiger partial charge on any atom is 0.304 e. The first-order valence-electron chi connectivity index (χ1n) is 4.25. The summed E-state index contributed by atoms with van der Waals surface area (Å²) in [5.74, 6) is -0.875. The van der Waals surface area contributed by atoms with Crippen LogP contribution >= 0.6 is 0 Å². The van der Waals surface area contributed by atoms with Gasteiger partial charge in [-0.2, -0.15) is 0 Å². The number of carboxylic acids is 1. The fourth-order valence-electron chi connectivity index (χ4n) is 0.760. The average Bonchev–Trinajstić information content (AvgIpc) is 1.98. The van der Waals surface area contributed by atoms with Crippen LogP contribution in [0.25, 0.3) is 0 Å². The third-order valence-electron chi connectivity index (χ3n) is 1.63. The highest BCUT2D eigenvalue weighted by Gasteiger charge is 2.13. The van der Waals surface area contributed by atoms with Crippen molar-refractivity contribution in [2.45, 2.75) is 26.7 Å². The lowest BCUT2D eigenvalue weighted by molar-refractivity contribution is -0.136. The van der Waals surface area contributed by atoms with Crippen molar-refractivity contribution < 1.29 is 18.3 Å². The van der Waals surface area contributed by atoms with Gasteiger partial charge in [0.1, 0.15) is 0 Å². The molecule has 0 bridgehead atoms. The van der Waals surface area contributed by atoms with E-state index in [4.69, 9.17) is 5.11 Å². The highest BCUT2D eigenvalue weighted by Crippen LogP contribution is 2.04. The largest absolute Gasteiger partial charge is 0.481 e. The van der Waals surface area contributed by atoms with Gasteiger partial charge in [0.15, 0.2) is 9.84 Å². The third kappa shape index (κ3) is 7.77. The Labute approximate surface area is 78.9 Å². The second-order valence-corrected chi connectivity index (χ2v) is 5.78. The summed E-state index contributed by atoms with van der Waals surface area (Å²) in [5, 5.41) is 8.29. The molecule has 0 saturated carbocycles. The molecule has 1 N–H and O–H groups in total. The lowest BCUT2D eigenvalue weighted by Crippen LogP contribution is -2.15. The van der Waals surface area contributed by atoms with E-state index in [9.17, 15) is 13.2 Å². The Bertz CT molecular complexity index is 253. The van der Waals surface area contributed by atoms with Gasteiger partial charge in [-0.15, -0.1) is 0 Å². The van der Waals surface area contributed by atoms with E-state index in [1.165, 1.54) is 0 Å². The first-order valence-corrected chi connectivity index (χ1v) is 6.08. The molecule has 0 amide bonds. The maximum absolute atomic E-state index is 11.2. The van der Waals surface area contributed by atoms with Crippen molar-refractivity contribution in [3.8, 4) is 0 Å². The molecule has 0 heterocycles. The second kappa shape index (κ2) is 5.21. The van der Waals surface area contributed by atoms with Gasteiger partial charge in [0, 0.05) is 0 Å². The Morgan fingerprint density at radius 1 is 1.31 bits per heavy atom. The molecule has 0 radical (unpaired) electrons. The zero-order valence-electron chi connectivity index (χ0n) is 7.99. The molecule has 0 aliphatic carbocycles. The van der Waals surface area contributed by atoms with Crippen LogP contribution in [0.15, 0.2) is 0 Å². The lowest BCUT2D eigenvalue weighted by atomic mass is 10.2. The topological polar surface area (TPSA) is 71.4 Å². The van der Waals surface area contributed by atoms with E-state index in [-0.39, 0.29) is 17.9 Å². The molecule has 78 valence electrons. The molecule has 0 aliphatic rings. The normalized spacial score (nSPS) is 11.9. The van der Waals surface area contributed by atoms with Crippen molar-refractivity contribution in [1.82, 2.24) is 0 Å². The molecule has 4 nitrogen and oxygen atoms in total. The van der Waals surface area contributed by atoms with Crippen LogP contribution < -0.4 is 0 Å². The van der Waals surface area contributed by atoms with Crippen LogP contribution in [0.1, 0.15) is 26.7 Å². The van der Waals surface area contributed by atoms with E-state index in [1.54, 1.807) is 0 Å². The number of sulfone groups is 1. The van der Waals surface area contributed by atoms with Crippen molar-refractivity contribution in [3.63, 3.8) is 0 Å². The summed E-state index contributed by atoms with van der Waals surface area (Å²) >= 11 is 0. The Balaban J connectivity index is 3.88. The van der Waals surface area contributed by atoms with Crippen molar-refractivity contribution in [2.75, 3.05) is 11.5 Å². The van der Waals surface area contributed by atoms with Gasteiger partial charge in [-0.25, -0.2) is 8.42 Å². The number of rotatable bonds is 6. The summed E-state index contributed by atoms with van der Waals surface area (Å²) in [4.78, 5) is 10.1. The maximum atomic E-state index is 11.2. The van der Waals surface area contributed by atoms with Crippen LogP contribution in [-0.4, -0.2) is 31.0 Å². The fourth-order valence-corrected chi connectivity index (χ4v) is 2.28. The Morgan fingerprint density at radius 3 is 2.23 bits per heavy atom. The lowest BCUT2D eigenvalue weighted by Gasteiger charge is -2.04. The Morgan fingerprint density at radius 2 is 1.85 bits per heavy atom. The minimum atomic E-state index is -3.15. The predicted octanol–water partition coefficient (Wildman–Crippen LogP) is 0.922. The molecule has 0 spiro atoms. The zero-order chi connectivity index (χ0) is 10.5. The highest BCUT2D eigenvalue weighted by atomic mass is 32.2. The number of hydrogen-bond donors (Lipinski definition) is 1. The summed E-state index contributed by atoms with van der Waals surface area (Å²) in [5.41, 5.74) is 0. The molecule has 0 unspecified atom stereocenters. The summed E-state index contributed by atoms with van der Waals surface area (Å²) in [6.45, 7) is 3.87. The number of aliphatic carboxylic acids is 1. The van der Waals surface area contributed by atoms with Crippen LogP contribution in [-0.2, 0) is 14.6 Å². The summed E-state index contributed by atoms with van der Waals surface area (Å²) in [7, 11) is -3.15. The Kier molecular flexibility index (Phi) is 4.98. The highest BCUT2D eigenvalue weighted by molar-refractivity contribution is 7.91. The van der Waals surface area contributed by atoms with Gasteiger partial charge in [0.2, 0.25) is 0 Å². The summed E-state index contributed by atoms with van der Waals surface area (Å²) in [6.07, 6.45) is 0.308. The SMILES string of the molecule is CC(C)CCS(=O)(=O)CCC(=O)O. The van der Waals surface area contributed by atoms with E-state index in [2.05, 4.69) is 0 Å². The van der Waals surface area contributed by atoms with Gasteiger partial charge in [-0.3, -0.25) is 4.79 Å². The molecule has 0 saturated heterocycles. The molecule has 5 heteroatoms. The molecule has 0 aromatic carbocycles. The molecule has 0 aliphatic heterocycles. The molecular formula is C8H16O4S. The molecule has 0 aromatic heterocycles. The minimum absolute atomic E-state index is 0.0952. The third-order valence-corrected chi connectivity index (χ3v) is 3.32. The van der Waals surface area contributed by atoms with Crippen molar-refractivity contribution in [1.29, 1.82) is 0 Å². The monoisotopic (exact) mass is 208 g/mol. The molecular weight excluding hydrogens is 192 g/mol. The van der Waals surface area contributed by atoms with Gasteiger partial charge < -0.3 is 5.11 Å². The van der Waals surface area contributed by atoms with Crippen LogP contribution in [0.3, 0.4) is 0 Å². The van der Waals surface area contributed by atoms with E-state index < -0.39 is 15.8 Å². The smallest absolute Gasteiger partial charge is 0.304 e. The van der Waals surface area contributed by atoms with Gasteiger partial charge in [-0.05, 0) is 12.3 Å². The van der Waals surface area contributed by atoms with Gasteiger partial charge in [-0.1, -0.05) is 13.8 Å². The first-order chi connectivity index (χ1) is 5.83. The quantitative estimate of drug-likeness (QED) is 0.704.